The maximum Gasteiger partial charge on any atom is 0.573 e. The van der Waals surface area contributed by atoms with Crippen LogP contribution in [0.15, 0.2) is 40.7 Å². The van der Waals surface area contributed by atoms with Crippen molar-refractivity contribution in [3.05, 3.63) is 41.3 Å². The lowest BCUT2D eigenvalue weighted by Gasteiger charge is -2.28. The van der Waals surface area contributed by atoms with Gasteiger partial charge in [0.25, 0.3) is 0 Å². The van der Waals surface area contributed by atoms with Gasteiger partial charge < -0.3 is 14.7 Å². The Balaban J connectivity index is 1.68. The van der Waals surface area contributed by atoms with E-state index in [-0.39, 0.29) is 18.0 Å². The Kier molecular flexibility index (Phi) is 3.41. The van der Waals surface area contributed by atoms with E-state index >= 15 is 0 Å². The van der Waals surface area contributed by atoms with Gasteiger partial charge in [0.05, 0.1) is 5.56 Å². The minimum absolute atomic E-state index is 0.167. The van der Waals surface area contributed by atoms with Crippen molar-refractivity contribution in [2.75, 3.05) is 11.4 Å². The van der Waals surface area contributed by atoms with Crippen molar-refractivity contribution < 1.29 is 27.8 Å². The lowest BCUT2D eigenvalue weighted by atomic mass is 9.90. The number of rotatable bonds is 2. The third kappa shape index (κ3) is 2.59. The maximum atomic E-state index is 12.6. The van der Waals surface area contributed by atoms with Crippen LogP contribution in [0.3, 0.4) is 0 Å². The Bertz CT molecular complexity index is 875. The third-order valence-corrected chi connectivity index (χ3v) is 4.98. The van der Waals surface area contributed by atoms with Crippen LogP contribution < -0.4 is 9.64 Å². The van der Waals surface area contributed by atoms with Crippen LogP contribution in [-0.2, 0) is 0 Å². The summed E-state index contributed by atoms with van der Waals surface area (Å²) >= 11 is 1.29. The number of benzene rings is 1. The molecule has 1 aromatic heterocycles. The minimum Gasteiger partial charge on any atom is -0.406 e. The van der Waals surface area contributed by atoms with E-state index in [2.05, 4.69) is 9.73 Å². The number of anilines is 1. The number of ether oxygens (including phenoxy) is 1. The summed E-state index contributed by atoms with van der Waals surface area (Å²) in [6, 6.07) is 6.87. The quantitative estimate of drug-likeness (QED) is 0.881. The van der Waals surface area contributed by atoms with Crippen molar-refractivity contribution in [3.8, 4) is 5.75 Å². The van der Waals surface area contributed by atoms with Gasteiger partial charge in [0.2, 0.25) is 5.78 Å². The molecule has 3 heterocycles. The first-order valence-corrected chi connectivity index (χ1v) is 8.23. The summed E-state index contributed by atoms with van der Waals surface area (Å²) in [5, 5.41) is 13.0. The second-order valence-corrected chi connectivity index (χ2v) is 6.60. The zero-order valence-corrected chi connectivity index (χ0v) is 13.4. The summed E-state index contributed by atoms with van der Waals surface area (Å²) in [6.07, 6.45) is -4.59. The van der Waals surface area contributed by atoms with Crippen LogP contribution in [0.5, 0.6) is 5.75 Å². The third-order valence-electron chi connectivity index (χ3n) is 4.18. The molecular weight excluding hydrogens is 357 g/mol. The van der Waals surface area contributed by atoms with E-state index in [0.29, 0.717) is 22.8 Å². The summed E-state index contributed by atoms with van der Waals surface area (Å²) in [5.74, 6) is -0.530. The second-order valence-electron chi connectivity index (χ2n) is 5.71. The molecule has 0 saturated carbocycles. The first-order valence-electron chi connectivity index (χ1n) is 7.35. The second kappa shape index (κ2) is 5.30. The van der Waals surface area contributed by atoms with Gasteiger partial charge in [-0.15, -0.1) is 24.5 Å². The van der Waals surface area contributed by atoms with Crippen LogP contribution in [0.4, 0.5) is 23.9 Å². The molecular formula is C16H11F3N2O3S. The number of amidine groups is 1. The molecule has 2 aromatic rings. The van der Waals surface area contributed by atoms with Crippen molar-refractivity contribution in [1.82, 2.24) is 0 Å². The number of aliphatic hydroxyl groups is 1. The summed E-state index contributed by atoms with van der Waals surface area (Å²) in [6.45, 7) is 0.329. The molecule has 0 amide bonds. The summed E-state index contributed by atoms with van der Waals surface area (Å²) in [7, 11) is 0. The Labute approximate surface area is 144 Å². The molecule has 0 bridgehead atoms. The van der Waals surface area contributed by atoms with E-state index in [1.54, 1.807) is 16.3 Å². The van der Waals surface area contributed by atoms with E-state index in [1.165, 1.54) is 35.6 Å². The number of hydrogen-bond donors (Lipinski definition) is 1. The van der Waals surface area contributed by atoms with E-state index < -0.39 is 17.7 Å². The molecule has 1 N–H and O–H groups in total. The number of alkyl halides is 3. The molecule has 1 aromatic carbocycles. The zero-order valence-electron chi connectivity index (χ0n) is 12.6. The molecule has 0 aliphatic carbocycles. The van der Waals surface area contributed by atoms with Gasteiger partial charge in [-0.3, -0.25) is 4.79 Å². The Morgan fingerprint density at radius 3 is 2.64 bits per heavy atom. The highest BCUT2D eigenvalue weighted by Gasteiger charge is 2.52. The van der Waals surface area contributed by atoms with Gasteiger partial charge in [-0.05, 0) is 35.7 Å². The number of thiophene rings is 1. The molecule has 0 unspecified atom stereocenters. The van der Waals surface area contributed by atoms with E-state index in [0.717, 1.165) is 0 Å². The number of aliphatic imine (C=N–C) groups is 1. The average molecular weight is 368 g/mol. The van der Waals surface area contributed by atoms with Gasteiger partial charge in [0.1, 0.15) is 10.8 Å². The molecule has 2 aliphatic rings. The SMILES string of the molecule is O=C1c2ccsc2N=C2N(c3ccc(OC(F)(F)F)cc3)CC[C@@]12O. The minimum atomic E-state index is -4.76. The molecule has 5 nitrogen and oxygen atoms in total. The van der Waals surface area contributed by atoms with Crippen LogP contribution in [0.1, 0.15) is 16.8 Å². The van der Waals surface area contributed by atoms with Crippen molar-refractivity contribution >= 4 is 33.6 Å². The average Bonchev–Trinajstić information content (AvgIpc) is 3.13. The van der Waals surface area contributed by atoms with Crippen molar-refractivity contribution in [1.29, 1.82) is 0 Å². The highest BCUT2D eigenvalue weighted by atomic mass is 32.1. The number of halogens is 3. The number of nitrogens with zero attached hydrogens (tertiary/aromatic N) is 2. The summed E-state index contributed by atoms with van der Waals surface area (Å²) < 4.78 is 40.6. The predicted octanol–water partition coefficient (Wildman–Crippen LogP) is 3.51. The number of ketones is 1. The number of Topliss-reactive ketones (excluding diaryl/α,β-unsaturated/α-hetero) is 1. The van der Waals surface area contributed by atoms with Gasteiger partial charge in [-0.1, -0.05) is 0 Å². The molecule has 1 fully saturated rings. The normalized spacial score (nSPS) is 22.5. The van der Waals surface area contributed by atoms with Crippen LogP contribution >= 0.6 is 11.3 Å². The molecule has 0 radical (unpaired) electrons. The Morgan fingerprint density at radius 1 is 1.24 bits per heavy atom. The highest BCUT2D eigenvalue weighted by molar-refractivity contribution is 7.14. The van der Waals surface area contributed by atoms with Crippen molar-refractivity contribution in [3.63, 3.8) is 0 Å². The van der Waals surface area contributed by atoms with Crippen LogP contribution in [0.2, 0.25) is 0 Å². The topological polar surface area (TPSA) is 62.1 Å². The lowest BCUT2D eigenvalue weighted by Crippen LogP contribution is -2.48. The number of carbonyl (C=O) groups is 1. The van der Waals surface area contributed by atoms with Gasteiger partial charge in [-0.2, -0.15) is 0 Å². The highest BCUT2D eigenvalue weighted by Crippen LogP contribution is 2.42. The van der Waals surface area contributed by atoms with Crippen LogP contribution in [0.25, 0.3) is 0 Å². The number of carbonyl (C=O) groups excluding carboxylic acids is 1. The largest absolute Gasteiger partial charge is 0.573 e. The van der Waals surface area contributed by atoms with E-state index in [1.807, 2.05) is 0 Å². The van der Waals surface area contributed by atoms with Crippen LogP contribution in [-0.4, -0.2) is 35.2 Å². The van der Waals surface area contributed by atoms with Crippen molar-refractivity contribution in [2.45, 2.75) is 18.4 Å². The lowest BCUT2D eigenvalue weighted by molar-refractivity contribution is -0.274. The van der Waals surface area contributed by atoms with Gasteiger partial charge in [0, 0.05) is 18.7 Å². The smallest absolute Gasteiger partial charge is 0.406 e. The molecule has 25 heavy (non-hydrogen) atoms. The number of fused-ring (bicyclic) bond motifs is 2. The molecule has 1 saturated heterocycles. The zero-order chi connectivity index (χ0) is 17.8. The fourth-order valence-electron chi connectivity index (χ4n) is 3.04. The predicted molar refractivity (Wildman–Crippen MR) is 85.8 cm³/mol. The molecule has 4 rings (SSSR count). The standard InChI is InChI=1S/C16H11F3N2O3S/c17-16(18,19)24-10-3-1-9(2-4-10)21-7-6-15(23)12(22)11-5-8-25-13(11)20-14(15)21/h1-5,8,23H,6-7H2/t15-/m1/s1. The Hall–Kier alpha value is -2.39. The van der Waals surface area contributed by atoms with Gasteiger partial charge in [0.15, 0.2) is 11.4 Å². The van der Waals surface area contributed by atoms with E-state index in [4.69, 9.17) is 0 Å². The summed E-state index contributed by atoms with van der Waals surface area (Å²) in [5.41, 5.74) is -0.779. The fraction of sp³-hybridized carbons (Fsp3) is 0.250. The Morgan fingerprint density at radius 2 is 1.96 bits per heavy atom. The molecule has 0 spiro atoms. The van der Waals surface area contributed by atoms with Gasteiger partial charge in [-0.25, -0.2) is 4.99 Å². The first kappa shape index (κ1) is 16.1. The van der Waals surface area contributed by atoms with E-state index in [9.17, 15) is 23.1 Å². The molecule has 2 aliphatic heterocycles. The molecule has 9 heteroatoms. The van der Waals surface area contributed by atoms with Gasteiger partial charge >= 0.3 is 6.36 Å². The summed E-state index contributed by atoms with van der Waals surface area (Å²) in [4.78, 5) is 18.6. The fourth-order valence-corrected chi connectivity index (χ4v) is 3.80. The molecule has 130 valence electrons. The van der Waals surface area contributed by atoms with Crippen LogP contribution in [0, 0.1) is 0 Å². The maximum absolute atomic E-state index is 12.6. The van der Waals surface area contributed by atoms with Crippen molar-refractivity contribution in [2.24, 2.45) is 4.99 Å². The number of hydrogen-bond acceptors (Lipinski definition) is 6. The molecule has 1 atom stereocenters. The monoisotopic (exact) mass is 368 g/mol. The first-order chi connectivity index (χ1) is 11.8.